The molecule has 0 aromatic heterocycles. The van der Waals surface area contributed by atoms with Crippen LogP contribution in [0.1, 0.15) is 31.2 Å². The molecule has 0 aliphatic heterocycles. The van der Waals surface area contributed by atoms with Crippen molar-refractivity contribution in [2.75, 3.05) is 13.1 Å². The Hall–Kier alpha value is -1.91. The van der Waals surface area contributed by atoms with Gasteiger partial charge in [-0.1, -0.05) is 36.4 Å². The molecule has 0 bridgehead atoms. The third-order valence-corrected chi connectivity index (χ3v) is 5.57. The smallest absolute Gasteiger partial charge is 0.317 e. The van der Waals surface area contributed by atoms with Crippen molar-refractivity contribution in [2.24, 2.45) is 5.92 Å². The van der Waals surface area contributed by atoms with E-state index in [1.165, 1.54) is 29.2 Å². The topological polar surface area (TPSA) is 52.6 Å². The maximum atomic E-state index is 11.1. The summed E-state index contributed by atoms with van der Waals surface area (Å²) in [4.78, 5) is 13.3. The van der Waals surface area contributed by atoms with Gasteiger partial charge in [-0.3, -0.25) is 9.69 Å². The van der Waals surface area contributed by atoms with E-state index in [0.717, 1.165) is 31.8 Å². The first-order valence-corrected chi connectivity index (χ1v) is 9.34. The predicted octanol–water partition coefficient (Wildman–Crippen LogP) is 3.26. The van der Waals surface area contributed by atoms with Crippen molar-refractivity contribution in [3.8, 4) is 0 Å². The average Bonchev–Trinajstić information content (AvgIpc) is 3.36. The van der Waals surface area contributed by atoms with Gasteiger partial charge < -0.3 is 10.4 Å². The summed E-state index contributed by atoms with van der Waals surface area (Å²) < 4.78 is 0. The summed E-state index contributed by atoms with van der Waals surface area (Å²) in [5.41, 5.74) is 1.31. The van der Waals surface area contributed by atoms with Crippen molar-refractivity contribution in [3.63, 3.8) is 0 Å². The Morgan fingerprint density at radius 1 is 1.12 bits per heavy atom. The minimum absolute atomic E-state index is 0.193. The van der Waals surface area contributed by atoms with Gasteiger partial charge in [0.15, 0.2) is 0 Å². The molecule has 0 spiro atoms. The zero-order chi connectivity index (χ0) is 17.2. The zero-order valence-corrected chi connectivity index (χ0v) is 14.5. The lowest BCUT2D eigenvalue weighted by molar-refractivity contribution is -0.139. The standard InChI is InChI=1S/C21H26N2O2/c24-21(25)14-23(13-15-5-6-15)20-10-19(11-20)22-12-16-7-8-17-3-1-2-4-18(17)9-16/h1-4,7-9,15,19-20,22H,5-6,10-14H2,(H,24,25). The van der Waals surface area contributed by atoms with Crippen molar-refractivity contribution in [2.45, 2.75) is 44.3 Å². The Kier molecular flexibility index (Phi) is 4.73. The SMILES string of the molecule is O=C(O)CN(CC1CC1)C1CC(NCc2ccc3ccccc3c2)C1. The first-order valence-electron chi connectivity index (χ1n) is 9.34. The summed E-state index contributed by atoms with van der Waals surface area (Å²) in [5.74, 6) is 0.0391. The van der Waals surface area contributed by atoms with Gasteiger partial charge in [-0.15, -0.1) is 0 Å². The van der Waals surface area contributed by atoms with Crippen molar-refractivity contribution < 1.29 is 9.90 Å². The second-order valence-electron chi connectivity index (χ2n) is 7.65. The molecule has 2 N–H and O–H groups in total. The van der Waals surface area contributed by atoms with Gasteiger partial charge in [0.05, 0.1) is 6.54 Å². The third-order valence-electron chi connectivity index (χ3n) is 5.57. The summed E-state index contributed by atoms with van der Waals surface area (Å²) in [5, 5.41) is 15.3. The molecule has 2 aliphatic rings. The molecule has 2 aliphatic carbocycles. The van der Waals surface area contributed by atoms with Crippen LogP contribution < -0.4 is 5.32 Å². The lowest BCUT2D eigenvalue weighted by Crippen LogP contribution is -2.54. The van der Waals surface area contributed by atoms with Crippen LogP contribution in [-0.2, 0) is 11.3 Å². The van der Waals surface area contributed by atoms with Crippen molar-refractivity contribution in [1.29, 1.82) is 0 Å². The van der Waals surface area contributed by atoms with E-state index in [0.29, 0.717) is 12.1 Å². The van der Waals surface area contributed by atoms with E-state index in [-0.39, 0.29) is 6.54 Å². The minimum atomic E-state index is -0.701. The van der Waals surface area contributed by atoms with Crippen molar-refractivity contribution >= 4 is 16.7 Å². The highest BCUT2D eigenvalue weighted by atomic mass is 16.4. The average molecular weight is 338 g/mol. The van der Waals surface area contributed by atoms with Crippen LogP contribution in [-0.4, -0.2) is 41.1 Å². The van der Waals surface area contributed by atoms with E-state index in [1.54, 1.807) is 0 Å². The summed E-state index contributed by atoms with van der Waals surface area (Å²) in [6.45, 7) is 2.04. The van der Waals surface area contributed by atoms with Crippen LogP contribution in [0.5, 0.6) is 0 Å². The van der Waals surface area contributed by atoms with Crippen molar-refractivity contribution in [1.82, 2.24) is 10.2 Å². The number of nitrogens with one attached hydrogen (secondary N) is 1. The molecule has 2 aromatic carbocycles. The Balaban J connectivity index is 1.27. The van der Waals surface area contributed by atoms with Gasteiger partial charge in [0.1, 0.15) is 0 Å². The number of hydrogen-bond donors (Lipinski definition) is 2. The first-order chi connectivity index (χ1) is 12.2. The number of carbonyl (C=O) groups is 1. The van der Waals surface area contributed by atoms with Crippen LogP contribution in [0.25, 0.3) is 10.8 Å². The molecule has 0 amide bonds. The summed E-state index contributed by atoms with van der Waals surface area (Å²) in [7, 11) is 0. The monoisotopic (exact) mass is 338 g/mol. The number of aliphatic carboxylic acids is 1. The van der Waals surface area contributed by atoms with Crippen molar-refractivity contribution in [3.05, 3.63) is 48.0 Å². The van der Waals surface area contributed by atoms with Crippen LogP contribution in [0.15, 0.2) is 42.5 Å². The number of fused-ring (bicyclic) bond motifs is 1. The number of hydrogen-bond acceptors (Lipinski definition) is 3. The number of carboxylic acid groups (broad SMARTS) is 1. The Labute approximate surface area is 148 Å². The molecule has 0 heterocycles. The van der Waals surface area contributed by atoms with Gasteiger partial charge in [0, 0.05) is 25.2 Å². The molecule has 0 radical (unpaired) electrons. The lowest BCUT2D eigenvalue weighted by Gasteiger charge is -2.43. The van der Waals surface area contributed by atoms with Crippen LogP contribution in [0, 0.1) is 5.92 Å². The van der Waals surface area contributed by atoms with Crippen LogP contribution in [0.3, 0.4) is 0 Å². The van der Waals surface area contributed by atoms with Crippen LogP contribution in [0.4, 0.5) is 0 Å². The normalized spacial score (nSPS) is 22.9. The number of rotatable bonds is 8. The summed E-state index contributed by atoms with van der Waals surface area (Å²) in [6.07, 6.45) is 4.67. The molecule has 4 nitrogen and oxygen atoms in total. The molecule has 4 heteroatoms. The Morgan fingerprint density at radius 3 is 2.60 bits per heavy atom. The minimum Gasteiger partial charge on any atom is -0.480 e. The molecule has 132 valence electrons. The molecule has 25 heavy (non-hydrogen) atoms. The third kappa shape index (κ3) is 4.20. The fraction of sp³-hybridized carbons (Fsp3) is 0.476. The number of benzene rings is 2. The maximum absolute atomic E-state index is 11.1. The molecule has 2 saturated carbocycles. The fourth-order valence-corrected chi connectivity index (χ4v) is 3.81. The molecule has 2 aromatic rings. The zero-order valence-electron chi connectivity index (χ0n) is 14.5. The lowest BCUT2D eigenvalue weighted by atomic mass is 9.85. The van der Waals surface area contributed by atoms with Gasteiger partial charge in [0.25, 0.3) is 0 Å². The maximum Gasteiger partial charge on any atom is 0.317 e. The molecule has 0 unspecified atom stereocenters. The Morgan fingerprint density at radius 2 is 1.88 bits per heavy atom. The van der Waals surface area contributed by atoms with E-state index in [4.69, 9.17) is 5.11 Å². The second-order valence-corrected chi connectivity index (χ2v) is 7.65. The molecular weight excluding hydrogens is 312 g/mol. The molecule has 4 rings (SSSR count). The first kappa shape index (κ1) is 16.6. The van der Waals surface area contributed by atoms with Gasteiger partial charge in [-0.05, 0) is 54.0 Å². The van der Waals surface area contributed by atoms with Crippen LogP contribution >= 0.6 is 0 Å². The summed E-state index contributed by atoms with van der Waals surface area (Å²) in [6, 6.07) is 16.0. The molecule has 0 atom stereocenters. The Bertz CT molecular complexity index is 750. The predicted molar refractivity (Wildman–Crippen MR) is 99.5 cm³/mol. The van der Waals surface area contributed by atoms with E-state index in [1.807, 2.05) is 0 Å². The van der Waals surface area contributed by atoms with Gasteiger partial charge in [-0.25, -0.2) is 0 Å². The number of nitrogens with zero attached hydrogens (tertiary/aromatic N) is 1. The highest BCUT2D eigenvalue weighted by Gasteiger charge is 2.36. The highest BCUT2D eigenvalue weighted by molar-refractivity contribution is 5.82. The van der Waals surface area contributed by atoms with Crippen LogP contribution in [0.2, 0.25) is 0 Å². The largest absolute Gasteiger partial charge is 0.480 e. The van der Waals surface area contributed by atoms with Gasteiger partial charge >= 0.3 is 5.97 Å². The molecule has 0 saturated heterocycles. The second kappa shape index (κ2) is 7.14. The molecular formula is C21H26N2O2. The van der Waals surface area contributed by atoms with E-state index in [2.05, 4.69) is 52.7 Å². The fourth-order valence-electron chi connectivity index (χ4n) is 3.81. The number of carboxylic acids is 1. The van der Waals surface area contributed by atoms with E-state index >= 15 is 0 Å². The highest BCUT2D eigenvalue weighted by Crippen LogP contribution is 2.33. The van der Waals surface area contributed by atoms with Gasteiger partial charge in [-0.2, -0.15) is 0 Å². The quantitative estimate of drug-likeness (QED) is 0.776. The molecule has 2 fully saturated rings. The summed E-state index contributed by atoms with van der Waals surface area (Å²) >= 11 is 0. The van der Waals surface area contributed by atoms with E-state index < -0.39 is 5.97 Å². The van der Waals surface area contributed by atoms with Gasteiger partial charge in [0.2, 0.25) is 0 Å². The van der Waals surface area contributed by atoms with E-state index in [9.17, 15) is 4.79 Å².